The van der Waals surface area contributed by atoms with Gasteiger partial charge >= 0.3 is 6.18 Å². The van der Waals surface area contributed by atoms with Gasteiger partial charge in [0.05, 0.1) is 12.7 Å². The number of nitrogens with one attached hydrogen (secondary N) is 1. The largest absolute Gasteiger partial charge is 0.497 e. The van der Waals surface area contributed by atoms with Crippen molar-refractivity contribution in [1.82, 2.24) is 4.98 Å². The van der Waals surface area contributed by atoms with Crippen LogP contribution in [0.3, 0.4) is 0 Å². The summed E-state index contributed by atoms with van der Waals surface area (Å²) >= 11 is 4.82. The Morgan fingerprint density at radius 1 is 1.11 bits per heavy atom. The summed E-state index contributed by atoms with van der Waals surface area (Å²) in [5.41, 5.74) is 0.169. The molecule has 2 rings (SSSR count). The molecule has 0 saturated carbocycles. The highest BCUT2D eigenvalue weighted by atomic mass is 32.1. The van der Waals surface area contributed by atoms with Crippen LogP contribution in [0, 0.1) is 4.64 Å². The van der Waals surface area contributed by atoms with Gasteiger partial charge in [0.15, 0.2) is 0 Å². The van der Waals surface area contributed by atoms with E-state index in [0.29, 0.717) is 17.0 Å². The summed E-state index contributed by atoms with van der Waals surface area (Å²) in [6.07, 6.45) is -4.41. The topological polar surface area (TPSA) is 25.0 Å². The van der Waals surface area contributed by atoms with Crippen LogP contribution in [0.4, 0.5) is 13.2 Å². The van der Waals surface area contributed by atoms with Crippen molar-refractivity contribution in [1.29, 1.82) is 0 Å². The van der Waals surface area contributed by atoms with Gasteiger partial charge in [-0.25, -0.2) is 0 Å². The van der Waals surface area contributed by atoms with Gasteiger partial charge in [0, 0.05) is 5.69 Å². The van der Waals surface area contributed by atoms with Crippen LogP contribution < -0.4 is 4.74 Å². The zero-order chi connectivity index (χ0) is 14.0. The van der Waals surface area contributed by atoms with Crippen LogP contribution in [-0.4, -0.2) is 12.1 Å². The molecule has 2 aromatic rings. The number of halogens is 3. The van der Waals surface area contributed by atoms with Crippen LogP contribution in [0.2, 0.25) is 0 Å². The first-order chi connectivity index (χ1) is 8.90. The number of benzene rings is 1. The van der Waals surface area contributed by atoms with Gasteiger partial charge in [-0.1, -0.05) is 12.2 Å². The predicted molar refractivity (Wildman–Crippen MR) is 68.6 cm³/mol. The zero-order valence-electron chi connectivity index (χ0n) is 9.91. The highest BCUT2D eigenvalue weighted by Gasteiger charge is 2.31. The second-order valence-corrected chi connectivity index (χ2v) is 4.31. The number of hydrogen-bond acceptors (Lipinski definition) is 2. The fourth-order valence-corrected chi connectivity index (χ4v) is 1.87. The Kier molecular flexibility index (Phi) is 3.61. The number of hydrogen-bond donors (Lipinski definition) is 1. The molecular formula is C13H10F3NOS. The lowest BCUT2D eigenvalue weighted by Gasteiger charge is -2.09. The van der Waals surface area contributed by atoms with Crippen molar-refractivity contribution in [2.24, 2.45) is 0 Å². The van der Waals surface area contributed by atoms with E-state index in [-0.39, 0.29) is 4.64 Å². The minimum absolute atomic E-state index is 0.0423. The number of aromatic nitrogens is 1. The molecule has 1 aromatic heterocycles. The monoisotopic (exact) mass is 285 g/mol. The first kappa shape index (κ1) is 13.6. The number of pyridine rings is 1. The second kappa shape index (κ2) is 5.05. The van der Waals surface area contributed by atoms with E-state index in [2.05, 4.69) is 4.98 Å². The molecule has 0 atom stereocenters. The summed E-state index contributed by atoms with van der Waals surface area (Å²) in [5, 5.41) is 0. The number of rotatable bonds is 2. The molecule has 1 heterocycles. The number of methoxy groups -OCH3 is 1. The number of H-pyrrole nitrogens is 1. The van der Waals surface area contributed by atoms with Crippen molar-refractivity contribution >= 4 is 12.2 Å². The Morgan fingerprint density at radius 2 is 1.74 bits per heavy atom. The molecule has 0 unspecified atom stereocenters. The lowest BCUT2D eigenvalue weighted by Crippen LogP contribution is -2.05. The van der Waals surface area contributed by atoms with Crippen LogP contribution in [-0.2, 0) is 6.18 Å². The molecule has 6 heteroatoms. The molecule has 0 fully saturated rings. The van der Waals surface area contributed by atoms with Crippen LogP contribution in [0.15, 0.2) is 36.4 Å². The smallest absolute Gasteiger partial charge is 0.416 e. The first-order valence-electron chi connectivity index (χ1n) is 5.36. The van der Waals surface area contributed by atoms with E-state index in [4.69, 9.17) is 17.0 Å². The van der Waals surface area contributed by atoms with E-state index in [9.17, 15) is 13.2 Å². The Hall–Kier alpha value is -1.82. The summed E-state index contributed by atoms with van der Waals surface area (Å²) in [6.45, 7) is 0. The SMILES string of the molecule is COc1ccc(-c2cc(C(F)(F)F)cc(=S)[nH]2)cc1. The molecule has 100 valence electrons. The van der Waals surface area contributed by atoms with E-state index < -0.39 is 11.7 Å². The lowest BCUT2D eigenvalue weighted by molar-refractivity contribution is -0.137. The van der Waals surface area contributed by atoms with E-state index in [1.807, 2.05) is 0 Å². The minimum atomic E-state index is -4.41. The van der Waals surface area contributed by atoms with Gasteiger partial charge in [0.1, 0.15) is 10.4 Å². The number of aromatic amines is 1. The van der Waals surface area contributed by atoms with Crippen molar-refractivity contribution in [3.63, 3.8) is 0 Å². The van der Waals surface area contributed by atoms with Crippen LogP contribution in [0.25, 0.3) is 11.3 Å². The van der Waals surface area contributed by atoms with Crippen molar-refractivity contribution in [2.75, 3.05) is 7.11 Å². The maximum atomic E-state index is 12.7. The summed E-state index contributed by atoms with van der Waals surface area (Å²) in [7, 11) is 1.52. The third-order valence-corrected chi connectivity index (χ3v) is 2.79. The zero-order valence-corrected chi connectivity index (χ0v) is 10.7. The van der Waals surface area contributed by atoms with Gasteiger partial charge < -0.3 is 9.72 Å². The van der Waals surface area contributed by atoms with Crippen molar-refractivity contribution in [3.05, 3.63) is 46.6 Å². The third kappa shape index (κ3) is 3.14. The van der Waals surface area contributed by atoms with Crippen molar-refractivity contribution < 1.29 is 17.9 Å². The van der Waals surface area contributed by atoms with Crippen LogP contribution in [0.5, 0.6) is 5.75 Å². The summed E-state index contributed by atoms with van der Waals surface area (Å²) in [5.74, 6) is 0.634. The van der Waals surface area contributed by atoms with E-state index in [0.717, 1.165) is 12.1 Å². The molecule has 0 bridgehead atoms. The minimum Gasteiger partial charge on any atom is -0.497 e. The fraction of sp³-hybridized carbons (Fsp3) is 0.154. The summed E-state index contributed by atoms with van der Waals surface area (Å²) < 4.78 is 43.1. The first-order valence-corrected chi connectivity index (χ1v) is 5.77. The molecule has 19 heavy (non-hydrogen) atoms. The number of ether oxygens (including phenoxy) is 1. The Morgan fingerprint density at radius 3 is 2.26 bits per heavy atom. The molecule has 0 spiro atoms. The van der Waals surface area contributed by atoms with Gasteiger partial charge in [0.25, 0.3) is 0 Å². The van der Waals surface area contributed by atoms with Gasteiger partial charge in [-0.3, -0.25) is 0 Å². The summed E-state index contributed by atoms with van der Waals surface area (Å²) in [4.78, 5) is 2.75. The third-order valence-electron chi connectivity index (χ3n) is 2.57. The fourth-order valence-electron chi connectivity index (χ4n) is 1.63. The molecule has 1 aromatic carbocycles. The van der Waals surface area contributed by atoms with Crippen LogP contribution in [0.1, 0.15) is 5.56 Å². The highest BCUT2D eigenvalue weighted by Crippen LogP contribution is 2.31. The molecule has 0 aliphatic rings. The van der Waals surface area contributed by atoms with Crippen LogP contribution >= 0.6 is 12.2 Å². The summed E-state index contributed by atoms with van der Waals surface area (Å²) in [6, 6.07) is 8.62. The molecule has 0 aliphatic heterocycles. The Labute approximate surface area is 112 Å². The van der Waals surface area contributed by atoms with E-state index >= 15 is 0 Å². The average molecular weight is 285 g/mol. The Balaban J connectivity index is 2.49. The lowest BCUT2D eigenvalue weighted by atomic mass is 10.1. The maximum absolute atomic E-state index is 12.7. The Bertz CT molecular complexity index is 632. The highest BCUT2D eigenvalue weighted by molar-refractivity contribution is 7.71. The molecule has 1 N–H and O–H groups in total. The standard InChI is InChI=1S/C13H10F3NOS/c1-18-10-4-2-8(3-5-10)11-6-9(13(14,15)16)7-12(19)17-11/h2-7H,1H3,(H,17,19). The molecule has 0 aliphatic carbocycles. The van der Waals surface area contributed by atoms with Crippen molar-refractivity contribution in [2.45, 2.75) is 6.18 Å². The molecule has 2 nitrogen and oxygen atoms in total. The number of alkyl halides is 3. The normalized spacial score (nSPS) is 11.4. The molecule has 0 amide bonds. The van der Waals surface area contributed by atoms with Gasteiger partial charge in [-0.05, 0) is 42.0 Å². The van der Waals surface area contributed by atoms with Gasteiger partial charge in [0.2, 0.25) is 0 Å². The molecule has 0 radical (unpaired) electrons. The quantitative estimate of drug-likeness (QED) is 0.825. The van der Waals surface area contributed by atoms with E-state index in [1.165, 1.54) is 7.11 Å². The molecular weight excluding hydrogens is 275 g/mol. The van der Waals surface area contributed by atoms with Gasteiger partial charge in [-0.15, -0.1) is 0 Å². The second-order valence-electron chi connectivity index (χ2n) is 3.87. The molecule has 0 saturated heterocycles. The maximum Gasteiger partial charge on any atom is 0.416 e. The van der Waals surface area contributed by atoms with E-state index in [1.54, 1.807) is 24.3 Å². The van der Waals surface area contributed by atoms with Gasteiger partial charge in [-0.2, -0.15) is 13.2 Å². The predicted octanol–water partition coefficient (Wildman–Crippen LogP) is 4.44. The average Bonchev–Trinajstić information content (AvgIpc) is 2.37. The van der Waals surface area contributed by atoms with Crippen molar-refractivity contribution in [3.8, 4) is 17.0 Å².